The van der Waals surface area contributed by atoms with Crippen LogP contribution in [0.3, 0.4) is 0 Å². The Balaban J connectivity index is 1.54. The van der Waals surface area contributed by atoms with E-state index in [0.29, 0.717) is 0 Å². The first kappa shape index (κ1) is 20.2. The molecule has 0 spiro atoms. The third kappa shape index (κ3) is 6.25. The Kier molecular flexibility index (Phi) is 7.71. The van der Waals surface area contributed by atoms with Crippen LogP contribution in [-0.2, 0) is 25.9 Å². The maximum atomic E-state index is 8.92. The summed E-state index contributed by atoms with van der Waals surface area (Å²) in [5, 5.41) is 17.8. The molecule has 0 amide bonds. The molecular weight excluding hydrogens is 348 g/mol. The van der Waals surface area contributed by atoms with Crippen molar-refractivity contribution in [1.82, 2.24) is 0 Å². The molecule has 0 aliphatic carbocycles. The predicted molar refractivity (Wildman–Crippen MR) is 109 cm³/mol. The fraction of sp³-hybridized carbons (Fsp3) is 0.333. The van der Waals surface area contributed by atoms with E-state index in [1.807, 2.05) is 0 Å². The molecule has 0 unspecified atom stereocenters. The highest BCUT2D eigenvalue weighted by Gasteiger charge is 2.06. The van der Waals surface area contributed by atoms with Crippen molar-refractivity contribution >= 4 is 0 Å². The molecule has 0 atom stereocenters. The molecule has 146 valence electrons. The van der Waals surface area contributed by atoms with Gasteiger partial charge in [-0.1, -0.05) is 24.3 Å². The van der Waals surface area contributed by atoms with Crippen molar-refractivity contribution in [2.75, 3.05) is 13.2 Å². The number of nitrogens with zero attached hydrogens (tertiary/aromatic N) is 2. The fourth-order valence-corrected chi connectivity index (χ4v) is 3.26. The van der Waals surface area contributed by atoms with Gasteiger partial charge < -0.3 is 10.2 Å². The summed E-state index contributed by atoms with van der Waals surface area (Å²) in [7, 11) is 0. The number of aliphatic hydroxyl groups excluding tert-OH is 2. The summed E-state index contributed by atoms with van der Waals surface area (Å²) < 4.78 is 4.36. The van der Waals surface area contributed by atoms with Crippen molar-refractivity contribution in [2.24, 2.45) is 0 Å². The van der Waals surface area contributed by atoms with Crippen molar-refractivity contribution in [3.8, 4) is 0 Å². The largest absolute Gasteiger partial charge is 0.396 e. The van der Waals surface area contributed by atoms with Gasteiger partial charge in [0.1, 0.15) is 0 Å². The molecule has 0 aliphatic heterocycles. The SMILES string of the molecule is OCCCc1cc[n+](Cc2ccc(C[n+]3ccc(CCCO)cc3)cc2)cc1. The highest BCUT2D eigenvalue weighted by Crippen LogP contribution is 2.06. The zero-order chi connectivity index (χ0) is 19.6. The second kappa shape index (κ2) is 10.7. The number of pyridine rings is 2. The van der Waals surface area contributed by atoms with Crippen LogP contribution in [-0.4, -0.2) is 23.4 Å². The Morgan fingerprint density at radius 3 is 1.18 bits per heavy atom. The molecule has 4 nitrogen and oxygen atoms in total. The van der Waals surface area contributed by atoms with E-state index in [2.05, 4.69) is 82.5 Å². The second-order valence-corrected chi connectivity index (χ2v) is 7.23. The van der Waals surface area contributed by atoms with Gasteiger partial charge in [-0.15, -0.1) is 0 Å². The number of rotatable bonds is 10. The number of hydrogen-bond acceptors (Lipinski definition) is 2. The number of aryl methyl sites for hydroxylation is 2. The number of benzene rings is 1. The van der Waals surface area contributed by atoms with Crippen molar-refractivity contribution in [3.05, 3.63) is 95.6 Å². The van der Waals surface area contributed by atoms with E-state index >= 15 is 0 Å². The summed E-state index contributed by atoms with van der Waals surface area (Å²) in [5.74, 6) is 0. The Morgan fingerprint density at radius 2 is 0.857 bits per heavy atom. The summed E-state index contributed by atoms with van der Waals surface area (Å²) in [4.78, 5) is 0. The average Bonchev–Trinajstić information content (AvgIpc) is 2.74. The Morgan fingerprint density at radius 1 is 0.500 bits per heavy atom. The number of aromatic nitrogens is 2. The van der Waals surface area contributed by atoms with Gasteiger partial charge in [0.2, 0.25) is 0 Å². The first-order valence-electron chi connectivity index (χ1n) is 10.0. The highest BCUT2D eigenvalue weighted by atomic mass is 16.3. The maximum absolute atomic E-state index is 8.92. The van der Waals surface area contributed by atoms with Gasteiger partial charge in [-0.3, -0.25) is 0 Å². The van der Waals surface area contributed by atoms with Gasteiger partial charge in [0.15, 0.2) is 37.9 Å². The topological polar surface area (TPSA) is 48.2 Å². The van der Waals surface area contributed by atoms with E-state index in [1.54, 1.807) is 0 Å². The van der Waals surface area contributed by atoms with Crippen molar-refractivity contribution < 1.29 is 19.3 Å². The lowest BCUT2D eigenvalue weighted by Gasteiger charge is -2.03. The van der Waals surface area contributed by atoms with Crippen molar-refractivity contribution in [1.29, 1.82) is 0 Å². The van der Waals surface area contributed by atoms with Crippen LogP contribution in [0.1, 0.15) is 35.1 Å². The van der Waals surface area contributed by atoms with E-state index in [-0.39, 0.29) is 13.2 Å². The molecule has 2 heterocycles. The molecule has 0 aliphatic rings. The molecular formula is C24H30N2O2+2. The molecule has 1 aromatic carbocycles. The lowest BCUT2D eigenvalue weighted by molar-refractivity contribution is -0.689. The number of hydrogen-bond donors (Lipinski definition) is 2. The van der Waals surface area contributed by atoms with Gasteiger partial charge in [-0.2, -0.15) is 0 Å². The van der Waals surface area contributed by atoms with Crippen LogP contribution in [0.2, 0.25) is 0 Å². The molecule has 0 fully saturated rings. The van der Waals surface area contributed by atoms with Crippen molar-refractivity contribution in [3.63, 3.8) is 0 Å². The quantitative estimate of drug-likeness (QED) is 0.532. The first-order chi connectivity index (χ1) is 13.8. The first-order valence-corrected chi connectivity index (χ1v) is 10.0. The summed E-state index contributed by atoms with van der Waals surface area (Å²) >= 11 is 0. The van der Waals surface area contributed by atoms with Gasteiger partial charge in [-0.05, 0) is 36.8 Å². The predicted octanol–water partition coefficient (Wildman–Crippen LogP) is 2.21. The van der Waals surface area contributed by atoms with Crippen LogP contribution < -0.4 is 9.13 Å². The monoisotopic (exact) mass is 378 g/mol. The van der Waals surface area contributed by atoms with Crippen molar-refractivity contribution in [2.45, 2.75) is 38.8 Å². The highest BCUT2D eigenvalue weighted by molar-refractivity contribution is 5.21. The van der Waals surface area contributed by atoms with Crippen LogP contribution in [0.15, 0.2) is 73.3 Å². The summed E-state index contributed by atoms with van der Waals surface area (Å²) in [5.41, 5.74) is 5.09. The third-order valence-electron chi connectivity index (χ3n) is 4.92. The van der Waals surface area contributed by atoms with Gasteiger partial charge in [-0.25, -0.2) is 9.13 Å². The van der Waals surface area contributed by atoms with Gasteiger partial charge >= 0.3 is 0 Å². The summed E-state index contributed by atoms with van der Waals surface area (Å²) in [6.07, 6.45) is 11.9. The Bertz CT molecular complexity index is 755. The van der Waals surface area contributed by atoms with Crippen LogP contribution in [0, 0.1) is 0 Å². The molecule has 2 N–H and O–H groups in total. The van der Waals surface area contributed by atoms with E-state index in [0.717, 1.165) is 38.8 Å². The smallest absolute Gasteiger partial charge is 0.173 e. The van der Waals surface area contributed by atoms with Crippen LogP contribution >= 0.6 is 0 Å². The van der Waals surface area contributed by atoms with Gasteiger partial charge in [0.05, 0.1) is 0 Å². The van der Waals surface area contributed by atoms with Crippen LogP contribution in [0.5, 0.6) is 0 Å². The summed E-state index contributed by atoms with van der Waals surface area (Å²) in [6, 6.07) is 17.3. The van der Waals surface area contributed by atoms with Crippen LogP contribution in [0.25, 0.3) is 0 Å². The molecule has 0 saturated carbocycles. The average molecular weight is 379 g/mol. The van der Waals surface area contributed by atoms with Crippen LogP contribution in [0.4, 0.5) is 0 Å². The zero-order valence-corrected chi connectivity index (χ0v) is 16.4. The van der Waals surface area contributed by atoms with Gasteiger partial charge in [0.25, 0.3) is 0 Å². The fourth-order valence-electron chi connectivity index (χ4n) is 3.26. The standard InChI is InChI=1S/C24H30N2O2/c27-17-1-3-21-9-13-25(14-10-21)19-23-5-7-24(8-6-23)20-26-15-11-22(12-16-26)4-2-18-28/h5-16,27-28H,1-4,17-20H2/q+2. The molecule has 0 saturated heterocycles. The number of aliphatic hydroxyl groups is 2. The Hall–Kier alpha value is -2.56. The second-order valence-electron chi connectivity index (χ2n) is 7.23. The molecule has 0 bridgehead atoms. The summed E-state index contributed by atoms with van der Waals surface area (Å²) in [6.45, 7) is 2.20. The van der Waals surface area contributed by atoms with E-state index in [4.69, 9.17) is 10.2 Å². The minimum Gasteiger partial charge on any atom is -0.396 e. The molecule has 0 radical (unpaired) electrons. The maximum Gasteiger partial charge on any atom is 0.173 e. The van der Waals surface area contributed by atoms with Gasteiger partial charge in [0, 0.05) is 48.6 Å². The lowest BCUT2D eigenvalue weighted by atomic mass is 10.1. The minimum absolute atomic E-state index is 0.243. The zero-order valence-electron chi connectivity index (χ0n) is 16.4. The minimum atomic E-state index is 0.243. The van der Waals surface area contributed by atoms with E-state index in [9.17, 15) is 0 Å². The molecule has 4 heteroatoms. The molecule has 28 heavy (non-hydrogen) atoms. The third-order valence-corrected chi connectivity index (χ3v) is 4.92. The Labute approximate surface area is 167 Å². The van der Waals surface area contributed by atoms with E-state index in [1.165, 1.54) is 22.3 Å². The molecule has 3 rings (SSSR count). The normalized spacial score (nSPS) is 10.9. The lowest BCUT2D eigenvalue weighted by Crippen LogP contribution is -2.34. The molecule has 3 aromatic rings. The molecule has 2 aromatic heterocycles. The van der Waals surface area contributed by atoms with E-state index < -0.39 is 0 Å².